The van der Waals surface area contributed by atoms with E-state index >= 15 is 0 Å². The summed E-state index contributed by atoms with van der Waals surface area (Å²) in [5.41, 5.74) is 1.26. The van der Waals surface area contributed by atoms with Crippen molar-refractivity contribution in [3.05, 3.63) is 65.2 Å². The molecule has 0 unspecified atom stereocenters. The van der Waals surface area contributed by atoms with Gasteiger partial charge in [-0.3, -0.25) is 4.79 Å². The number of carbonyl (C=O) groups excluding carboxylic acids is 1. The van der Waals surface area contributed by atoms with E-state index in [0.717, 1.165) is 17.4 Å². The topological polar surface area (TPSA) is 29.5 Å². The summed E-state index contributed by atoms with van der Waals surface area (Å²) in [5.74, 6) is -0.598. The number of rotatable bonds is 7. The average Bonchev–Trinajstić information content (AvgIpc) is 2.56. The monoisotopic (exact) mass is 333 g/mol. The van der Waals surface area contributed by atoms with Gasteiger partial charge in [0.05, 0.1) is 6.61 Å². The first-order chi connectivity index (χ1) is 11.5. The highest BCUT2D eigenvalue weighted by molar-refractivity contribution is 5.76. The second kappa shape index (κ2) is 8.43. The third-order valence-electron chi connectivity index (χ3n) is 3.73. The first-order valence-corrected chi connectivity index (χ1v) is 7.90. The van der Waals surface area contributed by atoms with Crippen LogP contribution in [-0.4, -0.2) is 24.5 Å². The van der Waals surface area contributed by atoms with Crippen molar-refractivity contribution in [2.45, 2.75) is 26.3 Å². The molecule has 0 fully saturated rings. The van der Waals surface area contributed by atoms with Gasteiger partial charge in [-0.15, -0.1) is 0 Å². The Bertz CT molecular complexity index is 704. The predicted molar refractivity (Wildman–Crippen MR) is 88.8 cm³/mol. The zero-order chi connectivity index (χ0) is 17.5. The van der Waals surface area contributed by atoms with Crippen molar-refractivity contribution in [2.24, 2.45) is 0 Å². The highest BCUT2D eigenvalue weighted by atomic mass is 19.1. The van der Waals surface area contributed by atoms with Gasteiger partial charge < -0.3 is 9.64 Å². The van der Waals surface area contributed by atoms with Crippen molar-refractivity contribution < 1.29 is 18.3 Å². The van der Waals surface area contributed by atoms with Gasteiger partial charge in [0.15, 0.2) is 0 Å². The Kier molecular flexibility index (Phi) is 6.29. The molecule has 0 heterocycles. The van der Waals surface area contributed by atoms with Gasteiger partial charge in [-0.1, -0.05) is 24.3 Å². The molecular formula is C19H21F2NO2. The first-order valence-electron chi connectivity index (χ1n) is 7.90. The number of para-hydroxylation sites is 1. The van der Waals surface area contributed by atoms with Gasteiger partial charge in [0.25, 0.3) is 0 Å². The molecule has 0 bridgehead atoms. The van der Waals surface area contributed by atoms with Gasteiger partial charge in [-0.05, 0) is 31.0 Å². The molecule has 2 rings (SSSR count). The number of aryl methyl sites for hydroxylation is 1. The fraction of sp³-hybridized carbons (Fsp3) is 0.316. The molecule has 1 amide bonds. The molecule has 5 heteroatoms. The Morgan fingerprint density at radius 1 is 1.12 bits per heavy atom. The van der Waals surface area contributed by atoms with Gasteiger partial charge in [-0.25, -0.2) is 8.78 Å². The number of ether oxygens (including phenoxy) is 1. The molecule has 0 aliphatic heterocycles. The Morgan fingerprint density at radius 2 is 1.88 bits per heavy atom. The van der Waals surface area contributed by atoms with Gasteiger partial charge in [0.1, 0.15) is 17.4 Å². The van der Waals surface area contributed by atoms with Gasteiger partial charge in [0.2, 0.25) is 5.91 Å². The normalized spacial score (nSPS) is 10.5. The molecular weight excluding hydrogens is 312 g/mol. The van der Waals surface area contributed by atoms with E-state index in [-0.39, 0.29) is 12.5 Å². The molecule has 2 aromatic rings. The molecule has 0 aliphatic rings. The number of benzene rings is 2. The van der Waals surface area contributed by atoms with Crippen LogP contribution in [0.2, 0.25) is 0 Å². The molecule has 0 saturated heterocycles. The van der Waals surface area contributed by atoms with E-state index in [2.05, 4.69) is 0 Å². The van der Waals surface area contributed by atoms with Crippen LogP contribution in [-0.2, 0) is 17.8 Å². The van der Waals surface area contributed by atoms with Crippen molar-refractivity contribution in [2.75, 3.05) is 13.7 Å². The standard InChI is InChI=1S/C19H21F2NO2/c1-3-24-18-7-5-4-6-14(18)9-11-19(23)22(2)13-15-8-10-16(20)12-17(15)21/h4-8,10,12H,3,9,11,13H2,1-2H3. The lowest BCUT2D eigenvalue weighted by Gasteiger charge is -2.18. The fourth-order valence-electron chi connectivity index (χ4n) is 2.43. The van der Waals surface area contributed by atoms with Crippen molar-refractivity contribution in [3.8, 4) is 5.75 Å². The lowest BCUT2D eigenvalue weighted by atomic mass is 10.1. The number of hydrogen-bond acceptors (Lipinski definition) is 2. The number of carbonyl (C=O) groups is 1. The van der Waals surface area contributed by atoms with E-state index in [0.29, 0.717) is 25.0 Å². The highest BCUT2D eigenvalue weighted by Gasteiger charge is 2.13. The third kappa shape index (κ3) is 4.78. The smallest absolute Gasteiger partial charge is 0.222 e. The molecule has 2 aromatic carbocycles. The maximum atomic E-state index is 13.7. The summed E-state index contributed by atoms with van der Waals surface area (Å²) in [4.78, 5) is 13.7. The zero-order valence-corrected chi connectivity index (χ0v) is 13.9. The Labute approximate surface area is 140 Å². The van der Waals surface area contributed by atoms with E-state index in [9.17, 15) is 13.6 Å². The molecule has 0 N–H and O–H groups in total. The van der Waals surface area contributed by atoms with Crippen molar-refractivity contribution in [1.82, 2.24) is 4.90 Å². The molecule has 0 atom stereocenters. The van der Waals surface area contributed by atoms with Gasteiger partial charge >= 0.3 is 0 Å². The maximum absolute atomic E-state index is 13.7. The second-order valence-corrected chi connectivity index (χ2v) is 5.53. The summed E-state index contributed by atoms with van der Waals surface area (Å²) in [6.45, 7) is 2.58. The summed E-state index contributed by atoms with van der Waals surface area (Å²) in [6.07, 6.45) is 0.842. The van der Waals surface area contributed by atoms with E-state index in [4.69, 9.17) is 4.74 Å². The van der Waals surface area contributed by atoms with Crippen LogP contribution >= 0.6 is 0 Å². The minimum absolute atomic E-state index is 0.106. The molecule has 0 radical (unpaired) electrons. The second-order valence-electron chi connectivity index (χ2n) is 5.53. The Hall–Kier alpha value is -2.43. The van der Waals surface area contributed by atoms with Crippen molar-refractivity contribution in [3.63, 3.8) is 0 Å². The van der Waals surface area contributed by atoms with Crippen LogP contribution in [0.15, 0.2) is 42.5 Å². The lowest BCUT2D eigenvalue weighted by Crippen LogP contribution is -2.26. The highest BCUT2D eigenvalue weighted by Crippen LogP contribution is 2.20. The number of hydrogen-bond donors (Lipinski definition) is 0. The summed E-state index contributed by atoms with van der Waals surface area (Å²) < 4.78 is 32.1. The Balaban J connectivity index is 1.94. The number of halogens is 2. The number of amides is 1. The number of nitrogens with zero attached hydrogens (tertiary/aromatic N) is 1. The molecule has 128 valence electrons. The van der Waals surface area contributed by atoms with Gasteiger partial charge in [-0.2, -0.15) is 0 Å². The van der Waals surface area contributed by atoms with Crippen LogP contribution in [0.1, 0.15) is 24.5 Å². The van der Waals surface area contributed by atoms with Crippen LogP contribution in [0.25, 0.3) is 0 Å². The minimum Gasteiger partial charge on any atom is -0.494 e. The van der Waals surface area contributed by atoms with Crippen LogP contribution in [0.5, 0.6) is 5.75 Å². The summed E-state index contributed by atoms with van der Waals surface area (Å²) in [5, 5.41) is 0. The summed E-state index contributed by atoms with van der Waals surface area (Å²) in [6, 6.07) is 11.0. The third-order valence-corrected chi connectivity index (χ3v) is 3.73. The first kappa shape index (κ1) is 17.9. The quantitative estimate of drug-likeness (QED) is 0.768. The molecule has 0 saturated carbocycles. The summed E-state index contributed by atoms with van der Waals surface area (Å²) >= 11 is 0. The van der Waals surface area contributed by atoms with Crippen molar-refractivity contribution >= 4 is 5.91 Å². The van der Waals surface area contributed by atoms with E-state index in [1.807, 2.05) is 31.2 Å². The molecule has 3 nitrogen and oxygen atoms in total. The van der Waals surface area contributed by atoms with E-state index in [1.165, 1.54) is 17.0 Å². The SMILES string of the molecule is CCOc1ccccc1CCC(=O)N(C)Cc1ccc(F)cc1F. The fourth-order valence-corrected chi connectivity index (χ4v) is 2.43. The molecule has 24 heavy (non-hydrogen) atoms. The van der Waals surface area contributed by atoms with Crippen LogP contribution < -0.4 is 4.74 Å². The molecule has 0 spiro atoms. The zero-order valence-electron chi connectivity index (χ0n) is 13.9. The molecule has 0 aliphatic carbocycles. The maximum Gasteiger partial charge on any atom is 0.222 e. The summed E-state index contributed by atoms with van der Waals surface area (Å²) in [7, 11) is 1.61. The lowest BCUT2D eigenvalue weighted by molar-refractivity contribution is -0.130. The van der Waals surface area contributed by atoms with Crippen LogP contribution in [0.4, 0.5) is 8.78 Å². The van der Waals surface area contributed by atoms with Gasteiger partial charge in [0, 0.05) is 31.6 Å². The minimum atomic E-state index is -0.642. The Morgan fingerprint density at radius 3 is 2.58 bits per heavy atom. The van der Waals surface area contributed by atoms with Crippen LogP contribution in [0, 0.1) is 11.6 Å². The van der Waals surface area contributed by atoms with E-state index < -0.39 is 11.6 Å². The largest absolute Gasteiger partial charge is 0.494 e. The van der Waals surface area contributed by atoms with Crippen LogP contribution in [0.3, 0.4) is 0 Å². The average molecular weight is 333 g/mol. The predicted octanol–water partition coefficient (Wildman–Crippen LogP) is 3.95. The van der Waals surface area contributed by atoms with Crippen molar-refractivity contribution in [1.29, 1.82) is 0 Å². The van der Waals surface area contributed by atoms with E-state index in [1.54, 1.807) is 7.05 Å². The molecule has 0 aromatic heterocycles.